The van der Waals surface area contributed by atoms with Crippen molar-refractivity contribution in [1.82, 2.24) is 15.8 Å². The first-order chi connectivity index (χ1) is 11.3. The van der Waals surface area contributed by atoms with Crippen LogP contribution in [0.3, 0.4) is 0 Å². The Hall–Kier alpha value is -2.17. The smallest absolute Gasteiger partial charge is 0.241 e. The summed E-state index contributed by atoms with van der Waals surface area (Å²) >= 11 is 0. The van der Waals surface area contributed by atoms with Gasteiger partial charge >= 0.3 is 0 Å². The van der Waals surface area contributed by atoms with E-state index in [1.165, 1.54) is 5.56 Å². The summed E-state index contributed by atoms with van der Waals surface area (Å²) in [7, 11) is 0. The first-order valence-electron chi connectivity index (χ1n) is 8.16. The second-order valence-corrected chi connectivity index (χ2v) is 5.88. The molecule has 0 saturated carbocycles. The fourth-order valence-electron chi connectivity index (χ4n) is 2.99. The van der Waals surface area contributed by atoms with Gasteiger partial charge in [-0.15, -0.1) is 0 Å². The minimum Gasteiger partial charge on any atom is -0.337 e. The standard InChI is InChI=1S/C19H23N3O/c1-2-22(14-15-9-5-3-6-10-15)19(23)18-13-17(20-21-18)16-11-7-4-8-12-16/h3-12,17-18,20-21H,2,13-14H2,1H3. The number of carbonyl (C=O) groups excluding carboxylic acids is 1. The summed E-state index contributed by atoms with van der Waals surface area (Å²) in [6.07, 6.45) is 0.772. The number of hydrogen-bond acceptors (Lipinski definition) is 3. The molecule has 0 bridgehead atoms. The highest BCUT2D eigenvalue weighted by molar-refractivity contribution is 5.82. The molecule has 4 nitrogen and oxygen atoms in total. The monoisotopic (exact) mass is 309 g/mol. The molecule has 1 aliphatic rings. The Kier molecular flexibility index (Phi) is 5.05. The molecule has 2 aromatic rings. The van der Waals surface area contributed by atoms with Crippen molar-refractivity contribution in [2.75, 3.05) is 6.54 Å². The molecule has 4 heteroatoms. The fraction of sp³-hybridized carbons (Fsp3) is 0.316. The number of hydrazine groups is 1. The van der Waals surface area contributed by atoms with Gasteiger partial charge in [0.15, 0.2) is 0 Å². The Bertz CT molecular complexity index is 630. The minimum atomic E-state index is -0.177. The quantitative estimate of drug-likeness (QED) is 0.892. The van der Waals surface area contributed by atoms with Gasteiger partial charge in [0.2, 0.25) is 5.91 Å². The third-order valence-corrected chi connectivity index (χ3v) is 4.31. The molecule has 1 amide bonds. The minimum absolute atomic E-state index is 0.155. The van der Waals surface area contributed by atoms with Crippen molar-refractivity contribution in [1.29, 1.82) is 0 Å². The van der Waals surface area contributed by atoms with Gasteiger partial charge in [-0.3, -0.25) is 4.79 Å². The van der Waals surface area contributed by atoms with Crippen LogP contribution in [0.1, 0.15) is 30.5 Å². The molecule has 2 aromatic carbocycles. The summed E-state index contributed by atoms with van der Waals surface area (Å²) < 4.78 is 0. The highest BCUT2D eigenvalue weighted by Gasteiger charge is 2.32. The van der Waals surface area contributed by atoms with Crippen LogP contribution in [-0.4, -0.2) is 23.4 Å². The highest BCUT2D eigenvalue weighted by atomic mass is 16.2. The number of carbonyl (C=O) groups is 1. The molecular weight excluding hydrogens is 286 g/mol. The van der Waals surface area contributed by atoms with Gasteiger partial charge in [-0.05, 0) is 24.5 Å². The third kappa shape index (κ3) is 3.78. The largest absolute Gasteiger partial charge is 0.337 e. The summed E-state index contributed by atoms with van der Waals surface area (Å²) in [4.78, 5) is 14.7. The van der Waals surface area contributed by atoms with Crippen molar-refractivity contribution in [2.45, 2.75) is 32.0 Å². The summed E-state index contributed by atoms with van der Waals surface area (Å²) in [6.45, 7) is 3.39. The van der Waals surface area contributed by atoms with Crippen LogP contribution in [0.25, 0.3) is 0 Å². The Morgan fingerprint density at radius 2 is 1.70 bits per heavy atom. The van der Waals surface area contributed by atoms with Crippen molar-refractivity contribution in [3.8, 4) is 0 Å². The van der Waals surface area contributed by atoms with Gasteiger partial charge in [-0.25, -0.2) is 10.9 Å². The van der Waals surface area contributed by atoms with Gasteiger partial charge in [0.1, 0.15) is 6.04 Å². The molecular formula is C19H23N3O. The Morgan fingerprint density at radius 1 is 1.04 bits per heavy atom. The van der Waals surface area contributed by atoms with Crippen LogP contribution >= 0.6 is 0 Å². The summed E-state index contributed by atoms with van der Waals surface area (Å²) in [5.74, 6) is 0.155. The second kappa shape index (κ2) is 7.40. The van der Waals surface area contributed by atoms with Crippen LogP contribution in [0.15, 0.2) is 60.7 Å². The van der Waals surface area contributed by atoms with E-state index in [1.807, 2.05) is 48.2 Å². The van der Waals surface area contributed by atoms with Crippen LogP contribution < -0.4 is 10.9 Å². The summed E-state index contributed by atoms with van der Waals surface area (Å²) in [5, 5.41) is 0. The average molecular weight is 309 g/mol. The van der Waals surface area contributed by atoms with Crippen molar-refractivity contribution >= 4 is 5.91 Å². The van der Waals surface area contributed by atoms with Crippen LogP contribution in [0.2, 0.25) is 0 Å². The molecule has 1 saturated heterocycles. The zero-order valence-corrected chi connectivity index (χ0v) is 13.4. The average Bonchev–Trinajstić information content (AvgIpc) is 3.11. The lowest BCUT2D eigenvalue weighted by Crippen LogP contribution is -2.45. The predicted octanol–water partition coefficient (Wildman–Crippen LogP) is 2.64. The van der Waals surface area contributed by atoms with E-state index in [-0.39, 0.29) is 18.0 Å². The van der Waals surface area contributed by atoms with Crippen LogP contribution in [0, 0.1) is 0 Å². The number of nitrogens with zero attached hydrogens (tertiary/aromatic N) is 1. The molecule has 2 unspecified atom stereocenters. The maximum absolute atomic E-state index is 12.8. The van der Waals surface area contributed by atoms with E-state index in [4.69, 9.17) is 0 Å². The Morgan fingerprint density at radius 3 is 2.35 bits per heavy atom. The normalized spacial score (nSPS) is 20.4. The van der Waals surface area contributed by atoms with E-state index in [0.717, 1.165) is 12.0 Å². The van der Waals surface area contributed by atoms with Gasteiger partial charge in [-0.1, -0.05) is 60.7 Å². The molecule has 0 radical (unpaired) electrons. The molecule has 3 rings (SSSR count). The van der Waals surface area contributed by atoms with Crippen LogP contribution in [0.5, 0.6) is 0 Å². The van der Waals surface area contributed by atoms with Gasteiger partial charge in [-0.2, -0.15) is 0 Å². The SMILES string of the molecule is CCN(Cc1ccccc1)C(=O)C1CC(c2ccccc2)NN1. The molecule has 1 aliphatic heterocycles. The molecule has 23 heavy (non-hydrogen) atoms. The van der Waals surface area contributed by atoms with E-state index in [0.29, 0.717) is 13.1 Å². The zero-order chi connectivity index (χ0) is 16.1. The van der Waals surface area contributed by atoms with Crippen LogP contribution in [-0.2, 0) is 11.3 Å². The van der Waals surface area contributed by atoms with Crippen molar-refractivity contribution < 1.29 is 4.79 Å². The molecule has 2 N–H and O–H groups in total. The molecule has 0 spiro atoms. The predicted molar refractivity (Wildman–Crippen MR) is 91.4 cm³/mol. The van der Waals surface area contributed by atoms with Gasteiger partial charge in [0.25, 0.3) is 0 Å². The van der Waals surface area contributed by atoms with Gasteiger partial charge in [0, 0.05) is 19.1 Å². The molecule has 0 aromatic heterocycles. The lowest BCUT2D eigenvalue weighted by molar-refractivity contribution is -0.133. The second-order valence-electron chi connectivity index (χ2n) is 5.88. The summed E-state index contributed by atoms with van der Waals surface area (Å²) in [5.41, 5.74) is 8.78. The molecule has 120 valence electrons. The first-order valence-corrected chi connectivity index (χ1v) is 8.16. The topological polar surface area (TPSA) is 44.4 Å². The van der Waals surface area contributed by atoms with Crippen LogP contribution in [0.4, 0.5) is 0 Å². The number of amides is 1. The lowest BCUT2D eigenvalue weighted by Gasteiger charge is -2.24. The maximum atomic E-state index is 12.8. The van der Waals surface area contributed by atoms with E-state index in [9.17, 15) is 4.79 Å². The van der Waals surface area contributed by atoms with Crippen molar-refractivity contribution in [3.63, 3.8) is 0 Å². The Labute approximate surface area is 137 Å². The number of rotatable bonds is 5. The molecule has 1 heterocycles. The van der Waals surface area contributed by atoms with Crippen molar-refractivity contribution in [2.24, 2.45) is 0 Å². The third-order valence-electron chi connectivity index (χ3n) is 4.31. The summed E-state index contributed by atoms with van der Waals surface area (Å²) in [6, 6.07) is 20.4. The number of benzene rings is 2. The van der Waals surface area contributed by atoms with E-state index < -0.39 is 0 Å². The lowest BCUT2D eigenvalue weighted by atomic mass is 10.0. The van der Waals surface area contributed by atoms with E-state index in [1.54, 1.807) is 0 Å². The fourth-order valence-corrected chi connectivity index (χ4v) is 2.99. The molecule has 1 fully saturated rings. The van der Waals surface area contributed by atoms with Gasteiger partial charge < -0.3 is 4.90 Å². The van der Waals surface area contributed by atoms with Gasteiger partial charge in [0.05, 0.1) is 0 Å². The number of nitrogens with one attached hydrogen (secondary N) is 2. The zero-order valence-electron chi connectivity index (χ0n) is 13.4. The molecule has 2 atom stereocenters. The van der Waals surface area contributed by atoms with Crippen molar-refractivity contribution in [3.05, 3.63) is 71.8 Å². The highest BCUT2D eigenvalue weighted by Crippen LogP contribution is 2.23. The molecule has 0 aliphatic carbocycles. The maximum Gasteiger partial charge on any atom is 0.241 e. The van der Waals surface area contributed by atoms with E-state index >= 15 is 0 Å². The first kappa shape index (κ1) is 15.7. The Balaban J connectivity index is 1.63. The number of likely N-dealkylation sites (N-methyl/N-ethyl adjacent to an activating group) is 1. The van der Waals surface area contributed by atoms with E-state index in [2.05, 4.69) is 35.1 Å². The number of hydrogen-bond donors (Lipinski definition) is 2.